The number of carbonyl (C=O) groups excluding carboxylic acids is 1. The van der Waals surface area contributed by atoms with Gasteiger partial charge in [-0.1, -0.05) is 18.2 Å². The molecule has 0 bridgehead atoms. The van der Waals surface area contributed by atoms with Crippen LogP contribution < -0.4 is 10.5 Å². The lowest BCUT2D eigenvalue weighted by atomic mass is 9.97. The Labute approximate surface area is 162 Å². The first-order chi connectivity index (χ1) is 12.8. The molecule has 1 fully saturated rings. The van der Waals surface area contributed by atoms with Crippen LogP contribution in [-0.2, 0) is 16.6 Å². The number of piperidine rings is 1. The minimum Gasteiger partial charge on any atom is -0.365 e. The van der Waals surface area contributed by atoms with Crippen molar-refractivity contribution in [3.05, 3.63) is 52.0 Å². The molecule has 9 heteroatoms. The Morgan fingerprint density at radius 1 is 1.30 bits per heavy atom. The third-order valence-electron chi connectivity index (χ3n) is 4.75. The van der Waals surface area contributed by atoms with Gasteiger partial charge < -0.3 is 5.73 Å². The van der Waals surface area contributed by atoms with E-state index in [1.165, 1.54) is 17.5 Å². The summed E-state index contributed by atoms with van der Waals surface area (Å²) in [7, 11) is -3.65. The van der Waals surface area contributed by atoms with Gasteiger partial charge in [0.05, 0.1) is 9.77 Å². The van der Waals surface area contributed by atoms with Crippen LogP contribution in [0.3, 0.4) is 0 Å². The van der Waals surface area contributed by atoms with E-state index in [-0.39, 0.29) is 21.5 Å². The van der Waals surface area contributed by atoms with Crippen molar-refractivity contribution in [2.45, 2.75) is 24.3 Å². The van der Waals surface area contributed by atoms with E-state index in [4.69, 9.17) is 5.73 Å². The molecule has 0 radical (unpaired) electrons. The van der Waals surface area contributed by atoms with Gasteiger partial charge in [-0.05, 0) is 44.0 Å². The van der Waals surface area contributed by atoms with Crippen molar-refractivity contribution < 1.29 is 17.6 Å². The Morgan fingerprint density at radius 3 is 2.63 bits per heavy atom. The number of carbonyl (C=O) groups is 1. The number of nitrogens with two attached hydrogens (primary N) is 1. The number of rotatable bonds is 7. The quantitative estimate of drug-likeness (QED) is 0.730. The van der Waals surface area contributed by atoms with Crippen LogP contribution in [0.2, 0.25) is 0 Å². The lowest BCUT2D eigenvalue weighted by molar-refractivity contribution is 0.100. The van der Waals surface area contributed by atoms with Gasteiger partial charge in [0.25, 0.3) is 5.91 Å². The second kappa shape index (κ2) is 8.47. The minimum atomic E-state index is -3.65. The molecule has 146 valence electrons. The van der Waals surface area contributed by atoms with E-state index in [0.29, 0.717) is 18.7 Å². The number of hydrogen-bond acceptors (Lipinski definition) is 5. The molecule has 2 heterocycles. The molecule has 3 rings (SSSR count). The SMILES string of the molecule is NC(=O)c1cc(S(=O)(=O)NCC2CCN(Cc3ccccc3F)CC2)cs1. The van der Waals surface area contributed by atoms with Crippen molar-refractivity contribution in [3.8, 4) is 0 Å². The van der Waals surface area contributed by atoms with Gasteiger partial charge in [-0.3, -0.25) is 9.69 Å². The zero-order valence-corrected chi connectivity index (χ0v) is 16.4. The molecule has 0 unspecified atom stereocenters. The molecule has 27 heavy (non-hydrogen) atoms. The van der Waals surface area contributed by atoms with Crippen molar-refractivity contribution >= 4 is 27.3 Å². The average molecular weight is 412 g/mol. The molecule has 0 atom stereocenters. The fourth-order valence-electron chi connectivity index (χ4n) is 3.12. The Kier molecular flexibility index (Phi) is 6.25. The van der Waals surface area contributed by atoms with Gasteiger partial charge >= 0.3 is 0 Å². The van der Waals surface area contributed by atoms with Crippen LogP contribution in [0.1, 0.15) is 28.1 Å². The van der Waals surface area contributed by atoms with Crippen LogP contribution in [0.25, 0.3) is 0 Å². The number of nitrogens with zero attached hydrogens (tertiary/aromatic N) is 1. The van der Waals surface area contributed by atoms with Crippen LogP contribution in [0.5, 0.6) is 0 Å². The number of benzene rings is 1. The molecule has 1 aromatic heterocycles. The predicted molar refractivity (Wildman–Crippen MR) is 102 cm³/mol. The second-order valence-electron chi connectivity index (χ2n) is 6.67. The summed E-state index contributed by atoms with van der Waals surface area (Å²) in [4.78, 5) is 13.6. The Morgan fingerprint density at radius 2 is 2.00 bits per heavy atom. The van der Waals surface area contributed by atoms with Gasteiger partial charge in [0.15, 0.2) is 0 Å². The molecule has 3 N–H and O–H groups in total. The summed E-state index contributed by atoms with van der Waals surface area (Å²) in [6, 6.07) is 8.05. The number of amides is 1. The lowest BCUT2D eigenvalue weighted by Gasteiger charge is -2.32. The average Bonchev–Trinajstić information content (AvgIpc) is 3.15. The first kappa shape index (κ1) is 19.9. The number of thiophene rings is 1. The van der Waals surface area contributed by atoms with Gasteiger partial charge in [-0.15, -0.1) is 11.3 Å². The molecule has 0 saturated carbocycles. The molecule has 1 aliphatic heterocycles. The maximum absolute atomic E-state index is 13.8. The van der Waals surface area contributed by atoms with Crippen LogP contribution in [0.15, 0.2) is 40.6 Å². The summed E-state index contributed by atoms with van der Waals surface area (Å²) < 4.78 is 41.1. The normalized spacial score (nSPS) is 16.5. The molecule has 0 spiro atoms. The highest BCUT2D eigenvalue weighted by atomic mass is 32.2. The fraction of sp³-hybridized carbons (Fsp3) is 0.389. The molecule has 1 saturated heterocycles. The number of likely N-dealkylation sites (tertiary alicyclic amines) is 1. The number of sulfonamides is 1. The topological polar surface area (TPSA) is 92.5 Å². The molecule has 1 amide bonds. The van der Waals surface area contributed by atoms with Crippen molar-refractivity contribution in [2.24, 2.45) is 11.7 Å². The predicted octanol–water partition coefficient (Wildman–Crippen LogP) is 2.18. The van der Waals surface area contributed by atoms with Crippen LogP contribution in [-0.4, -0.2) is 38.9 Å². The standard InChI is InChI=1S/C18H22FN3O3S2/c19-16-4-2-1-3-14(16)11-22-7-5-13(6-8-22)10-21-27(24,25)15-9-17(18(20)23)26-12-15/h1-4,9,12-13,21H,5-8,10-11H2,(H2,20,23). The minimum absolute atomic E-state index is 0.0679. The highest BCUT2D eigenvalue weighted by Crippen LogP contribution is 2.22. The summed E-state index contributed by atoms with van der Waals surface area (Å²) in [6.07, 6.45) is 1.68. The largest absolute Gasteiger partial charge is 0.365 e. The summed E-state index contributed by atoms with van der Waals surface area (Å²) in [5.41, 5.74) is 5.85. The monoisotopic (exact) mass is 411 g/mol. The molecule has 1 aromatic carbocycles. The Balaban J connectivity index is 1.49. The van der Waals surface area contributed by atoms with E-state index in [1.807, 2.05) is 6.07 Å². The zero-order chi connectivity index (χ0) is 19.4. The molecule has 1 aliphatic rings. The smallest absolute Gasteiger partial charge is 0.258 e. The molecule has 2 aromatic rings. The third kappa shape index (κ3) is 5.13. The lowest BCUT2D eigenvalue weighted by Crippen LogP contribution is -2.38. The molecule has 0 aliphatic carbocycles. The second-order valence-corrected chi connectivity index (χ2v) is 9.35. The fourth-order valence-corrected chi connectivity index (χ4v) is 5.36. The van der Waals surface area contributed by atoms with E-state index < -0.39 is 15.9 Å². The van der Waals surface area contributed by atoms with Gasteiger partial charge in [0.1, 0.15) is 5.82 Å². The number of halogens is 1. The summed E-state index contributed by atoms with van der Waals surface area (Å²) in [5, 5.41) is 1.42. The van der Waals surface area contributed by atoms with E-state index in [9.17, 15) is 17.6 Å². The van der Waals surface area contributed by atoms with Crippen molar-refractivity contribution in [3.63, 3.8) is 0 Å². The highest BCUT2D eigenvalue weighted by Gasteiger charge is 2.23. The number of primary amides is 1. The third-order valence-corrected chi connectivity index (χ3v) is 7.25. The maximum atomic E-state index is 13.8. The summed E-state index contributed by atoms with van der Waals surface area (Å²) >= 11 is 1.02. The summed E-state index contributed by atoms with van der Waals surface area (Å²) in [6.45, 7) is 2.50. The van der Waals surface area contributed by atoms with E-state index in [1.54, 1.807) is 12.1 Å². The molecular formula is C18H22FN3O3S2. The van der Waals surface area contributed by atoms with Gasteiger partial charge in [-0.25, -0.2) is 17.5 Å². The molecule has 6 nitrogen and oxygen atoms in total. The summed E-state index contributed by atoms with van der Waals surface area (Å²) in [5.74, 6) is -0.604. The first-order valence-corrected chi connectivity index (χ1v) is 11.0. The van der Waals surface area contributed by atoms with Gasteiger partial charge in [0, 0.05) is 24.0 Å². The van der Waals surface area contributed by atoms with Crippen molar-refractivity contribution in [1.82, 2.24) is 9.62 Å². The highest BCUT2D eigenvalue weighted by molar-refractivity contribution is 7.89. The van der Waals surface area contributed by atoms with E-state index in [2.05, 4.69) is 9.62 Å². The Bertz CT molecular complexity index is 906. The number of nitrogens with one attached hydrogen (secondary N) is 1. The van der Waals surface area contributed by atoms with Gasteiger partial charge in [0.2, 0.25) is 10.0 Å². The van der Waals surface area contributed by atoms with E-state index in [0.717, 1.165) is 37.3 Å². The maximum Gasteiger partial charge on any atom is 0.258 e. The van der Waals surface area contributed by atoms with Gasteiger partial charge in [-0.2, -0.15) is 0 Å². The van der Waals surface area contributed by atoms with Crippen molar-refractivity contribution in [1.29, 1.82) is 0 Å². The van der Waals surface area contributed by atoms with Crippen molar-refractivity contribution in [2.75, 3.05) is 19.6 Å². The van der Waals surface area contributed by atoms with E-state index >= 15 is 0 Å². The molecular weight excluding hydrogens is 389 g/mol. The van der Waals surface area contributed by atoms with Crippen LogP contribution in [0.4, 0.5) is 4.39 Å². The first-order valence-electron chi connectivity index (χ1n) is 8.69. The van der Waals surface area contributed by atoms with Crippen LogP contribution in [0, 0.1) is 11.7 Å². The Hall–Kier alpha value is -1.81. The number of hydrogen-bond donors (Lipinski definition) is 2. The zero-order valence-electron chi connectivity index (χ0n) is 14.7. The van der Waals surface area contributed by atoms with Crippen LogP contribution >= 0.6 is 11.3 Å².